The van der Waals surface area contributed by atoms with E-state index in [0.717, 1.165) is 64.5 Å². The van der Waals surface area contributed by atoms with Crippen molar-refractivity contribution >= 4 is 0 Å². The van der Waals surface area contributed by atoms with E-state index in [2.05, 4.69) is 30.1 Å². The maximum Gasteiger partial charge on any atom is 0.0937 e. The molecule has 1 aliphatic heterocycles. The van der Waals surface area contributed by atoms with E-state index in [4.69, 9.17) is 9.15 Å². The van der Waals surface area contributed by atoms with E-state index in [1.807, 2.05) is 6.26 Å². The Hall–Kier alpha value is -0.880. The van der Waals surface area contributed by atoms with Crippen LogP contribution in [0.2, 0.25) is 0 Å². The topological polar surface area (TPSA) is 57.9 Å². The second kappa shape index (κ2) is 8.90. The molecule has 0 aromatic carbocycles. The molecule has 0 radical (unpaired) electrons. The van der Waals surface area contributed by atoms with E-state index in [0.29, 0.717) is 29.3 Å². The van der Waals surface area contributed by atoms with Crippen LogP contribution < -0.4 is 5.32 Å². The Kier molecular flexibility index (Phi) is 6.16. The van der Waals surface area contributed by atoms with Gasteiger partial charge in [-0.3, -0.25) is 4.90 Å². The Morgan fingerprint density at radius 2 is 1.91 bits per heavy atom. The van der Waals surface area contributed by atoms with Crippen LogP contribution in [-0.4, -0.2) is 61.0 Å². The van der Waals surface area contributed by atoms with Gasteiger partial charge in [0.1, 0.15) is 0 Å². The lowest BCUT2D eigenvalue weighted by Crippen LogP contribution is -2.62. The van der Waals surface area contributed by atoms with Gasteiger partial charge in [0, 0.05) is 38.1 Å². The van der Waals surface area contributed by atoms with E-state index < -0.39 is 5.60 Å². The highest BCUT2D eigenvalue weighted by Gasteiger charge is 2.67. The Balaban J connectivity index is 1.11. The normalized spacial score (nSPS) is 47.1. The van der Waals surface area contributed by atoms with Gasteiger partial charge < -0.3 is 19.6 Å². The molecule has 1 aromatic heterocycles. The number of ether oxygens (including phenoxy) is 1. The maximum atomic E-state index is 12.4. The summed E-state index contributed by atoms with van der Waals surface area (Å²) in [6.45, 7) is 11.5. The van der Waals surface area contributed by atoms with Crippen molar-refractivity contribution in [3.05, 3.63) is 24.2 Å². The van der Waals surface area contributed by atoms with Gasteiger partial charge in [-0.1, -0.05) is 13.8 Å². The third-order valence-electron chi connectivity index (χ3n) is 11.7. The van der Waals surface area contributed by atoms with E-state index in [1.165, 1.54) is 44.1 Å². The van der Waals surface area contributed by atoms with Crippen LogP contribution in [0.5, 0.6) is 0 Å². The smallest absolute Gasteiger partial charge is 0.0937 e. The second-order valence-corrected chi connectivity index (χ2v) is 12.9. The van der Waals surface area contributed by atoms with Gasteiger partial charge >= 0.3 is 0 Å². The number of hydrogen-bond donors (Lipinski definition) is 2. The fraction of sp³-hybridized carbons (Fsp3) is 0.862. The van der Waals surface area contributed by atoms with Gasteiger partial charge in [-0.05, 0) is 98.5 Å². The Labute approximate surface area is 206 Å². The van der Waals surface area contributed by atoms with Crippen LogP contribution in [0.1, 0.15) is 83.1 Å². The quantitative estimate of drug-likeness (QED) is 0.647. The summed E-state index contributed by atoms with van der Waals surface area (Å²) in [5, 5.41) is 15.8. The van der Waals surface area contributed by atoms with Gasteiger partial charge in [0.2, 0.25) is 0 Å². The van der Waals surface area contributed by atoms with Crippen molar-refractivity contribution in [2.45, 2.75) is 89.3 Å². The molecule has 4 saturated carbocycles. The minimum Gasteiger partial charge on any atom is -0.472 e. The summed E-state index contributed by atoms with van der Waals surface area (Å²) in [4.78, 5) is 2.53. The number of furan rings is 1. The average Bonchev–Trinajstić information content (AvgIpc) is 3.46. The highest BCUT2D eigenvalue weighted by atomic mass is 16.5. The molecular formula is C29H46N2O3. The largest absolute Gasteiger partial charge is 0.472 e. The first-order valence-corrected chi connectivity index (χ1v) is 14.2. The van der Waals surface area contributed by atoms with Gasteiger partial charge in [-0.2, -0.15) is 0 Å². The Morgan fingerprint density at radius 3 is 2.71 bits per heavy atom. The van der Waals surface area contributed by atoms with Crippen LogP contribution in [-0.2, 0) is 4.74 Å². The van der Waals surface area contributed by atoms with Crippen LogP contribution in [0.3, 0.4) is 0 Å². The molecule has 1 saturated heterocycles. The number of aliphatic hydroxyl groups is 1. The SMILES string of the molecule is C[C@]12CCC(OCCN3CCNCC3)CC1CC[C@@H]1[C@H]2CC[C@]2(C)C(c3ccoc3)CC[C@@]12O. The van der Waals surface area contributed by atoms with Crippen LogP contribution in [0.15, 0.2) is 23.0 Å². The summed E-state index contributed by atoms with van der Waals surface area (Å²) in [6.07, 6.45) is 14.8. The first kappa shape index (κ1) is 23.5. The van der Waals surface area contributed by atoms with Crippen molar-refractivity contribution in [1.29, 1.82) is 0 Å². The standard InChI is InChI=1S/C29H46N2O3/c1-27-9-5-23(34-18-16-31-14-12-30-13-15-31)19-22(27)3-4-26-25(27)6-10-28(2)24(7-11-29(26,28)32)21-8-17-33-20-21/h8,17,20,22-26,30,32H,3-7,9-16,18-19H2,1-2H3/t22?,23?,24?,25-,26-,27+,28-,29-/m1/s1. The summed E-state index contributed by atoms with van der Waals surface area (Å²) in [6, 6.07) is 2.13. The molecule has 0 bridgehead atoms. The van der Waals surface area contributed by atoms with Crippen molar-refractivity contribution in [1.82, 2.24) is 10.2 Å². The zero-order chi connectivity index (χ0) is 23.4. The summed E-state index contributed by atoms with van der Waals surface area (Å²) >= 11 is 0. The summed E-state index contributed by atoms with van der Waals surface area (Å²) in [7, 11) is 0. The third-order valence-corrected chi connectivity index (χ3v) is 11.7. The predicted molar refractivity (Wildman–Crippen MR) is 134 cm³/mol. The molecule has 5 nitrogen and oxygen atoms in total. The van der Waals surface area contributed by atoms with E-state index in [1.54, 1.807) is 6.26 Å². The highest BCUT2D eigenvalue weighted by molar-refractivity contribution is 5.26. The first-order valence-electron chi connectivity index (χ1n) is 14.2. The molecule has 190 valence electrons. The monoisotopic (exact) mass is 470 g/mol. The average molecular weight is 471 g/mol. The van der Waals surface area contributed by atoms with Crippen molar-refractivity contribution in [2.24, 2.45) is 28.6 Å². The minimum absolute atomic E-state index is 0.0223. The van der Waals surface area contributed by atoms with Crippen LogP contribution in [0.25, 0.3) is 0 Å². The summed E-state index contributed by atoms with van der Waals surface area (Å²) < 4.78 is 11.9. The van der Waals surface area contributed by atoms with Crippen LogP contribution in [0.4, 0.5) is 0 Å². The number of rotatable bonds is 5. The van der Waals surface area contributed by atoms with Gasteiger partial charge in [0.05, 0.1) is 30.8 Å². The van der Waals surface area contributed by atoms with Crippen molar-refractivity contribution < 1.29 is 14.3 Å². The fourth-order valence-corrected chi connectivity index (χ4v) is 9.63. The molecule has 0 spiro atoms. The van der Waals surface area contributed by atoms with Crippen LogP contribution in [0, 0.1) is 28.6 Å². The summed E-state index contributed by atoms with van der Waals surface area (Å²) in [5.41, 5.74) is 1.12. The molecule has 4 aliphatic carbocycles. The van der Waals surface area contributed by atoms with Crippen LogP contribution >= 0.6 is 0 Å². The number of hydrogen-bond acceptors (Lipinski definition) is 5. The molecule has 5 heteroatoms. The first-order chi connectivity index (χ1) is 16.4. The molecule has 5 aliphatic rings. The van der Waals surface area contributed by atoms with E-state index in [9.17, 15) is 5.11 Å². The molecule has 34 heavy (non-hydrogen) atoms. The van der Waals surface area contributed by atoms with Gasteiger partial charge in [0.15, 0.2) is 0 Å². The molecular weight excluding hydrogens is 424 g/mol. The summed E-state index contributed by atoms with van der Waals surface area (Å²) in [5.74, 6) is 2.30. The Morgan fingerprint density at radius 1 is 1.06 bits per heavy atom. The minimum atomic E-state index is -0.525. The highest BCUT2D eigenvalue weighted by Crippen LogP contribution is 2.70. The number of nitrogens with zero attached hydrogens (tertiary/aromatic N) is 1. The number of nitrogens with one attached hydrogen (secondary N) is 1. The lowest BCUT2D eigenvalue weighted by atomic mass is 9.43. The third kappa shape index (κ3) is 3.64. The van der Waals surface area contributed by atoms with Crippen molar-refractivity contribution in [2.75, 3.05) is 39.3 Å². The zero-order valence-corrected chi connectivity index (χ0v) is 21.4. The van der Waals surface area contributed by atoms with E-state index in [-0.39, 0.29) is 5.41 Å². The van der Waals surface area contributed by atoms with E-state index >= 15 is 0 Å². The maximum absolute atomic E-state index is 12.4. The second-order valence-electron chi connectivity index (χ2n) is 12.9. The molecule has 2 N–H and O–H groups in total. The number of fused-ring (bicyclic) bond motifs is 5. The number of piperazine rings is 1. The molecule has 2 heterocycles. The zero-order valence-electron chi connectivity index (χ0n) is 21.4. The van der Waals surface area contributed by atoms with Crippen molar-refractivity contribution in [3.63, 3.8) is 0 Å². The predicted octanol–water partition coefficient (Wildman–Crippen LogP) is 4.81. The molecule has 8 atom stereocenters. The lowest BCUT2D eigenvalue weighted by molar-refractivity contribution is -0.207. The Bertz CT molecular complexity index is 838. The molecule has 6 rings (SSSR count). The van der Waals surface area contributed by atoms with Gasteiger partial charge in [0.25, 0.3) is 0 Å². The molecule has 3 unspecified atom stereocenters. The lowest BCUT2D eigenvalue weighted by Gasteiger charge is -2.63. The van der Waals surface area contributed by atoms with Gasteiger partial charge in [-0.15, -0.1) is 0 Å². The van der Waals surface area contributed by atoms with Gasteiger partial charge in [-0.25, -0.2) is 0 Å². The van der Waals surface area contributed by atoms with Crippen molar-refractivity contribution in [3.8, 4) is 0 Å². The molecule has 5 fully saturated rings. The fourth-order valence-electron chi connectivity index (χ4n) is 9.63. The molecule has 1 aromatic rings. The molecule has 0 amide bonds.